The maximum Gasteiger partial charge on any atom is 0.229 e. The molecule has 0 bridgehead atoms. The third-order valence-electron chi connectivity index (χ3n) is 5.31. The van der Waals surface area contributed by atoms with Gasteiger partial charge in [-0.05, 0) is 28.8 Å². The van der Waals surface area contributed by atoms with Crippen LogP contribution in [0.15, 0.2) is 67.0 Å². The lowest BCUT2D eigenvalue weighted by Crippen LogP contribution is -2.28. The molecule has 0 radical (unpaired) electrons. The van der Waals surface area contributed by atoms with Gasteiger partial charge in [-0.3, -0.25) is 9.48 Å². The Hall–Kier alpha value is -2.67. The summed E-state index contributed by atoms with van der Waals surface area (Å²) in [7, 11) is 1.89. The smallest absolute Gasteiger partial charge is 0.229 e. The highest BCUT2D eigenvalue weighted by Gasteiger charge is 2.34. The summed E-state index contributed by atoms with van der Waals surface area (Å²) in [5, 5.41) is 10.6. The Balaban J connectivity index is 0.00000256. The van der Waals surface area contributed by atoms with E-state index in [0.717, 1.165) is 28.9 Å². The minimum atomic E-state index is -0.104. The quantitative estimate of drug-likeness (QED) is 0.606. The lowest BCUT2D eigenvalue weighted by atomic mass is 9.90. The van der Waals surface area contributed by atoms with Crippen LogP contribution in [0.3, 0.4) is 0 Å². The second kappa shape index (κ2) is 10.4. The second-order valence-corrected chi connectivity index (χ2v) is 7.48. The van der Waals surface area contributed by atoms with Gasteiger partial charge in [-0.15, -0.1) is 12.4 Å². The number of carbonyl (C=O) groups is 1. The lowest BCUT2D eigenvalue weighted by Gasteiger charge is -2.17. The molecule has 0 spiro atoms. The molecule has 1 saturated heterocycles. The van der Waals surface area contributed by atoms with E-state index in [9.17, 15) is 4.79 Å². The molecule has 1 aromatic heterocycles. The van der Waals surface area contributed by atoms with Crippen molar-refractivity contribution in [1.29, 1.82) is 0 Å². The van der Waals surface area contributed by atoms with Crippen LogP contribution in [-0.4, -0.2) is 28.8 Å². The summed E-state index contributed by atoms with van der Waals surface area (Å²) in [6, 6.07) is 18.0. The summed E-state index contributed by atoms with van der Waals surface area (Å²) >= 11 is 0. The molecule has 1 amide bonds. The van der Waals surface area contributed by atoms with Crippen molar-refractivity contribution in [3.8, 4) is 0 Å². The van der Waals surface area contributed by atoms with Crippen molar-refractivity contribution in [3.05, 3.63) is 83.7 Å². The van der Waals surface area contributed by atoms with Crippen molar-refractivity contribution in [2.24, 2.45) is 13.0 Å². The van der Waals surface area contributed by atoms with Crippen molar-refractivity contribution in [1.82, 2.24) is 15.1 Å². The highest BCUT2D eigenvalue weighted by atomic mass is 35.5. The van der Waals surface area contributed by atoms with Crippen LogP contribution in [0, 0.1) is 5.92 Å². The maximum absolute atomic E-state index is 12.8. The molecule has 2 heterocycles. The zero-order valence-corrected chi connectivity index (χ0v) is 17.8. The SMILES string of the molecule is Cl.Cn1cc([C@H]2CNC[C@@H]2C(=O)Nc2ccc(COCc3ccccc3)cc2)cn1. The first kappa shape index (κ1) is 22.0. The average molecular weight is 427 g/mol. The highest BCUT2D eigenvalue weighted by molar-refractivity contribution is 5.93. The number of carbonyl (C=O) groups excluding carboxylic acids is 1. The molecule has 0 aliphatic carbocycles. The van der Waals surface area contributed by atoms with E-state index in [1.54, 1.807) is 4.68 Å². The summed E-state index contributed by atoms with van der Waals surface area (Å²) in [5.41, 5.74) is 4.14. The summed E-state index contributed by atoms with van der Waals surface area (Å²) in [4.78, 5) is 12.8. The van der Waals surface area contributed by atoms with Crippen molar-refractivity contribution in [2.75, 3.05) is 18.4 Å². The molecule has 2 N–H and O–H groups in total. The van der Waals surface area contributed by atoms with Crippen LogP contribution < -0.4 is 10.6 Å². The van der Waals surface area contributed by atoms with Crippen LogP contribution in [0.5, 0.6) is 0 Å². The van der Waals surface area contributed by atoms with Gasteiger partial charge in [0.1, 0.15) is 0 Å². The number of benzene rings is 2. The van der Waals surface area contributed by atoms with Gasteiger partial charge in [-0.1, -0.05) is 42.5 Å². The molecular formula is C23H27ClN4O2. The minimum Gasteiger partial charge on any atom is -0.372 e. The number of nitrogens with one attached hydrogen (secondary N) is 2. The van der Waals surface area contributed by atoms with Crippen molar-refractivity contribution in [2.45, 2.75) is 19.1 Å². The van der Waals surface area contributed by atoms with Crippen LogP contribution in [0.4, 0.5) is 5.69 Å². The fourth-order valence-electron chi connectivity index (χ4n) is 3.72. The topological polar surface area (TPSA) is 68.2 Å². The molecule has 2 atom stereocenters. The van der Waals surface area contributed by atoms with Crippen LogP contribution in [0.25, 0.3) is 0 Å². The Labute approximate surface area is 183 Å². The molecule has 30 heavy (non-hydrogen) atoms. The largest absolute Gasteiger partial charge is 0.372 e. The molecule has 0 unspecified atom stereocenters. The van der Waals surface area contributed by atoms with Gasteiger partial charge in [0.15, 0.2) is 0 Å². The molecule has 1 fully saturated rings. The predicted octanol–water partition coefficient (Wildman–Crippen LogP) is 3.50. The lowest BCUT2D eigenvalue weighted by molar-refractivity contribution is -0.119. The zero-order chi connectivity index (χ0) is 20.1. The van der Waals surface area contributed by atoms with Crippen LogP contribution >= 0.6 is 12.4 Å². The minimum absolute atomic E-state index is 0. The summed E-state index contributed by atoms with van der Waals surface area (Å²) in [6.45, 7) is 2.60. The van der Waals surface area contributed by atoms with E-state index >= 15 is 0 Å². The van der Waals surface area contributed by atoms with E-state index in [-0.39, 0.29) is 30.2 Å². The number of nitrogens with zero attached hydrogens (tertiary/aromatic N) is 2. The number of hydrogen-bond donors (Lipinski definition) is 2. The van der Waals surface area contributed by atoms with Crippen molar-refractivity contribution >= 4 is 24.0 Å². The van der Waals surface area contributed by atoms with Gasteiger partial charge in [0.25, 0.3) is 0 Å². The molecule has 2 aromatic carbocycles. The van der Waals surface area contributed by atoms with E-state index in [1.807, 2.05) is 61.9 Å². The predicted molar refractivity (Wildman–Crippen MR) is 120 cm³/mol. The zero-order valence-electron chi connectivity index (χ0n) is 17.0. The number of ether oxygens (including phenoxy) is 1. The molecule has 6 nitrogen and oxygen atoms in total. The number of aryl methyl sites for hydroxylation is 1. The van der Waals surface area contributed by atoms with Gasteiger partial charge >= 0.3 is 0 Å². The number of rotatable bonds is 7. The van der Waals surface area contributed by atoms with Gasteiger partial charge in [0.2, 0.25) is 5.91 Å². The number of halogens is 1. The van der Waals surface area contributed by atoms with E-state index in [2.05, 4.69) is 27.9 Å². The van der Waals surface area contributed by atoms with Crippen LogP contribution in [-0.2, 0) is 29.8 Å². The van der Waals surface area contributed by atoms with Gasteiger partial charge in [0, 0.05) is 37.9 Å². The first-order valence-corrected chi connectivity index (χ1v) is 9.90. The fourth-order valence-corrected chi connectivity index (χ4v) is 3.72. The molecule has 7 heteroatoms. The van der Waals surface area contributed by atoms with Gasteiger partial charge in [-0.25, -0.2) is 0 Å². The number of anilines is 1. The van der Waals surface area contributed by atoms with E-state index in [1.165, 1.54) is 0 Å². The molecule has 1 aliphatic rings. The molecule has 0 saturated carbocycles. The highest BCUT2D eigenvalue weighted by Crippen LogP contribution is 2.29. The summed E-state index contributed by atoms with van der Waals surface area (Å²) in [6.07, 6.45) is 3.84. The molecule has 4 rings (SSSR count). The maximum atomic E-state index is 12.8. The first-order chi connectivity index (χ1) is 14.2. The van der Waals surface area contributed by atoms with Gasteiger partial charge in [0.05, 0.1) is 25.3 Å². The second-order valence-electron chi connectivity index (χ2n) is 7.48. The number of hydrogen-bond acceptors (Lipinski definition) is 4. The van der Waals surface area contributed by atoms with Crippen LogP contribution in [0.2, 0.25) is 0 Å². The molecule has 158 valence electrons. The summed E-state index contributed by atoms with van der Waals surface area (Å²) in [5.74, 6) is 0.0828. The monoisotopic (exact) mass is 426 g/mol. The third-order valence-corrected chi connectivity index (χ3v) is 5.31. The Bertz CT molecular complexity index is 943. The van der Waals surface area contributed by atoms with Crippen LogP contribution in [0.1, 0.15) is 22.6 Å². The van der Waals surface area contributed by atoms with Crippen molar-refractivity contribution < 1.29 is 9.53 Å². The Morgan fingerprint density at radius 1 is 1.10 bits per heavy atom. The first-order valence-electron chi connectivity index (χ1n) is 9.90. The Kier molecular flexibility index (Phi) is 7.63. The van der Waals surface area contributed by atoms with Gasteiger partial charge < -0.3 is 15.4 Å². The number of aromatic nitrogens is 2. The average Bonchev–Trinajstić information content (AvgIpc) is 3.39. The van der Waals surface area contributed by atoms with E-state index in [0.29, 0.717) is 19.8 Å². The summed E-state index contributed by atoms with van der Waals surface area (Å²) < 4.78 is 7.55. The van der Waals surface area contributed by atoms with E-state index in [4.69, 9.17) is 4.74 Å². The molecule has 1 aliphatic heterocycles. The Morgan fingerprint density at radius 2 is 1.80 bits per heavy atom. The normalized spacial score (nSPS) is 18.0. The van der Waals surface area contributed by atoms with Crippen molar-refractivity contribution in [3.63, 3.8) is 0 Å². The standard InChI is InChI=1S/C23H26N4O2.ClH/c1-27-14-19(11-25-27)21-12-24-13-22(21)23(28)26-20-9-7-18(8-10-20)16-29-15-17-5-3-2-4-6-17;/h2-11,14,21-22,24H,12-13,15-16H2,1H3,(H,26,28);1H/t21-,22+;/m1./s1. The molecule has 3 aromatic rings. The van der Waals surface area contributed by atoms with E-state index < -0.39 is 0 Å². The Morgan fingerprint density at radius 3 is 2.47 bits per heavy atom. The third kappa shape index (κ3) is 5.48. The number of amides is 1. The molecular weight excluding hydrogens is 400 g/mol. The fraction of sp³-hybridized carbons (Fsp3) is 0.304. The van der Waals surface area contributed by atoms with Gasteiger partial charge in [-0.2, -0.15) is 5.10 Å².